The van der Waals surface area contributed by atoms with Crippen molar-refractivity contribution in [2.24, 2.45) is 0 Å². The molecule has 0 spiro atoms. The summed E-state index contributed by atoms with van der Waals surface area (Å²) in [6.45, 7) is 8.61. The van der Waals surface area contributed by atoms with Gasteiger partial charge < -0.3 is 14.0 Å². The molecule has 1 fully saturated rings. The summed E-state index contributed by atoms with van der Waals surface area (Å²) in [5, 5.41) is 1.96. The number of carbonyl (C=O) groups is 1. The molecule has 3 aromatic heterocycles. The number of thiophene rings is 1. The van der Waals surface area contributed by atoms with E-state index in [0.29, 0.717) is 6.61 Å². The van der Waals surface area contributed by atoms with Gasteiger partial charge in [0, 0.05) is 44.5 Å². The molecule has 0 aliphatic carbocycles. The summed E-state index contributed by atoms with van der Waals surface area (Å²) in [6.07, 6.45) is 2.19. The van der Waals surface area contributed by atoms with Crippen LogP contribution in [0.3, 0.4) is 0 Å². The Bertz CT molecular complexity index is 1580. The first kappa shape index (κ1) is 25.3. The number of rotatable bonds is 7. The van der Waals surface area contributed by atoms with Crippen LogP contribution in [0.4, 0.5) is 0 Å². The third kappa shape index (κ3) is 5.33. The molecule has 2 aromatic carbocycles. The van der Waals surface area contributed by atoms with E-state index in [9.17, 15) is 4.79 Å². The topological polar surface area (TPSA) is 50.1 Å². The van der Waals surface area contributed by atoms with Crippen LogP contribution in [0.1, 0.15) is 27.9 Å². The molecule has 6 nitrogen and oxygen atoms in total. The number of hydrogen-bond acceptors (Lipinski definition) is 5. The van der Waals surface area contributed by atoms with E-state index in [-0.39, 0.29) is 5.91 Å². The van der Waals surface area contributed by atoms with Gasteiger partial charge in [-0.3, -0.25) is 9.69 Å². The number of ether oxygens (including phenoxy) is 1. The van der Waals surface area contributed by atoms with Crippen LogP contribution >= 0.6 is 11.3 Å². The minimum absolute atomic E-state index is 0.138. The highest BCUT2D eigenvalue weighted by atomic mass is 32.1. The van der Waals surface area contributed by atoms with Gasteiger partial charge in [-0.2, -0.15) is 0 Å². The maximum Gasteiger partial charge on any atom is 0.264 e. The molecule has 0 radical (unpaired) electrons. The summed E-state index contributed by atoms with van der Waals surface area (Å²) < 4.78 is 7.98. The number of imidazole rings is 1. The minimum atomic E-state index is 0.138. The van der Waals surface area contributed by atoms with E-state index in [2.05, 4.69) is 71.0 Å². The van der Waals surface area contributed by atoms with Crippen molar-refractivity contribution >= 4 is 22.9 Å². The largest absolute Gasteiger partial charge is 0.494 e. The lowest BCUT2D eigenvalue weighted by atomic mass is 10.1. The minimum Gasteiger partial charge on any atom is -0.494 e. The standard InChI is InChI=1S/C32H32N4O2S/c1-3-38-27-7-4-6-25(20-27)26-13-14-30-33-31(24-11-9-23(2)10-12-24)28(36(30)21-26)22-34-15-17-35(18-16-34)32(37)29-8-5-19-39-29/h4-14,19-21H,3,15-18,22H2,1-2H3. The molecule has 7 heteroatoms. The van der Waals surface area contributed by atoms with Crippen molar-refractivity contribution in [2.75, 3.05) is 32.8 Å². The highest BCUT2D eigenvalue weighted by Crippen LogP contribution is 2.30. The molecule has 0 unspecified atom stereocenters. The third-order valence-electron chi connectivity index (χ3n) is 7.29. The Kier molecular flexibility index (Phi) is 7.18. The summed E-state index contributed by atoms with van der Waals surface area (Å²) in [7, 11) is 0. The van der Waals surface area contributed by atoms with E-state index in [1.165, 1.54) is 16.9 Å². The number of nitrogens with zero attached hydrogens (tertiary/aromatic N) is 4. The fourth-order valence-corrected chi connectivity index (χ4v) is 5.86. The van der Waals surface area contributed by atoms with E-state index in [1.807, 2.05) is 41.5 Å². The molecular formula is C32H32N4O2S. The van der Waals surface area contributed by atoms with Crippen LogP contribution in [0.25, 0.3) is 28.0 Å². The number of fused-ring (bicyclic) bond motifs is 1. The van der Waals surface area contributed by atoms with E-state index in [4.69, 9.17) is 9.72 Å². The zero-order valence-corrected chi connectivity index (χ0v) is 23.2. The van der Waals surface area contributed by atoms with Crippen molar-refractivity contribution in [3.8, 4) is 28.1 Å². The summed E-state index contributed by atoms with van der Waals surface area (Å²) in [5.74, 6) is 1.01. The van der Waals surface area contributed by atoms with Crippen molar-refractivity contribution < 1.29 is 9.53 Å². The van der Waals surface area contributed by atoms with Gasteiger partial charge in [0.05, 0.1) is 22.9 Å². The average Bonchev–Trinajstić information content (AvgIpc) is 3.63. The predicted molar refractivity (Wildman–Crippen MR) is 157 cm³/mol. The second-order valence-electron chi connectivity index (χ2n) is 9.93. The molecule has 5 aromatic rings. The second-order valence-corrected chi connectivity index (χ2v) is 10.9. The molecule has 0 atom stereocenters. The molecule has 1 aliphatic heterocycles. The molecule has 1 amide bonds. The molecule has 0 bridgehead atoms. The van der Waals surface area contributed by atoms with Crippen LogP contribution in [0.15, 0.2) is 84.4 Å². The number of aryl methyl sites for hydroxylation is 1. The van der Waals surface area contributed by atoms with Gasteiger partial charge >= 0.3 is 0 Å². The van der Waals surface area contributed by atoms with Crippen molar-refractivity contribution in [3.05, 3.63) is 101 Å². The fourth-order valence-electron chi connectivity index (χ4n) is 5.17. The Hall–Kier alpha value is -3.94. The summed E-state index contributed by atoms with van der Waals surface area (Å²) in [6, 6.07) is 24.9. The van der Waals surface area contributed by atoms with E-state index < -0.39 is 0 Å². The van der Waals surface area contributed by atoms with Crippen LogP contribution in [0, 0.1) is 6.92 Å². The van der Waals surface area contributed by atoms with Crippen LogP contribution in [0.5, 0.6) is 5.75 Å². The monoisotopic (exact) mass is 536 g/mol. The van der Waals surface area contributed by atoms with Gasteiger partial charge in [-0.05, 0) is 60.7 Å². The number of carbonyl (C=O) groups excluding carboxylic acids is 1. The SMILES string of the molecule is CCOc1cccc(-c2ccc3nc(-c4ccc(C)cc4)c(CN4CCN(C(=O)c5cccs5)CC4)n3c2)c1. The summed E-state index contributed by atoms with van der Waals surface area (Å²) >= 11 is 1.51. The molecule has 39 heavy (non-hydrogen) atoms. The first-order chi connectivity index (χ1) is 19.1. The normalized spacial score (nSPS) is 14.2. The second kappa shape index (κ2) is 11.0. The van der Waals surface area contributed by atoms with Gasteiger partial charge in [0.1, 0.15) is 11.4 Å². The lowest BCUT2D eigenvalue weighted by Crippen LogP contribution is -2.48. The lowest BCUT2D eigenvalue weighted by Gasteiger charge is -2.34. The fraction of sp³-hybridized carbons (Fsp3) is 0.250. The van der Waals surface area contributed by atoms with Crippen LogP contribution in [-0.4, -0.2) is 57.9 Å². The molecule has 1 saturated heterocycles. The van der Waals surface area contributed by atoms with Gasteiger partial charge in [0.25, 0.3) is 5.91 Å². The van der Waals surface area contributed by atoms with Crippen LogP contribution < -0.4 is 4.74 Å². The van der Waals surface area contributed by atoms with E-state index in [1.54, 1.807) is 0 Å². The first-order valence-corrected chi connectivity index (χ1v) is 14.3. The number of hydrogen-bond donors (Lipinski definition) is 0. The predicted octanol–water partition coefficient (Wildman–Crippen LogP) is 6.39. The molecule has 198 valence electrons. The highest BCUT2D eigenvalue weighted by Gasteiger charge is 2.25. The Morgan fingerprint density at radius 2 is 1.72 bits per heavy atom. The van der Waals surface area contributed by atoms with Gasteiger partial charge in [-0.1, -0.05) is 48.0 Å². The van der Waals surface area contributed by atoms with Gasteiger partial charge in [-0.25, -0.2) is 4.98 Å². The number of amides is 1. The maximum absolute atomic E-state index is 12.9. The quantitative estimate of drug-likeness (QED) is 0.242. The van der Waals surface area contributed by atoms with Crippen LogP contribution in [-0.2, 0) is 6.54 Å². The number of piperazine rings is 1. The zero-order chi connectivity index (χ0) is 26.8. The Morgan fingerprint density at radius 1 is 0.923 bits per heavy atom. The molecule has 1 aliphatic rings. The van der Waals surface area contributed by atoms with Gasteiger partial charge in [-0.15, -0.1) is 11.3 Å². The molecular weight excluding hydrogens is 504 g/mol. The smallest absolute Gasteiger partial charge is 0.264 e. The van der Waals surface area contributed by atoms with Crippen molar-refractivity contribution in [3.63, 3.8) is 0 Å². The highest BCUT2D eigenvalue weighted by molar-refractivity contribution is 7.12. The summed E-state index contributed by atoms with van der Waals surface area (Å²) in [5.41, 5.74) is 7.67. The Balaban J connectivity index is 1.32. The Labute approximate surface area is 233 Å². The number of benzene rings is 2. The molecule has 4 heterocycles. The van der Waals surface area contributed by atoms with Crippen LogP contribution in [0.2, 0.25) is 0 Å². The molecule has 0 N–H and O–H groups in total. The summed E-state index contributed by atoms with van der Waals surface area (Å²) in [4.78, 5) is 23.2. The van der Waals surface area contributed by atoms with Gasteiger partial charge in [0.15, 0.2) is 0 Å². The first-order valence-electron chi connectivity index (χ1n) is 13.5. The lowest BCUT2D eigenvalue weighted by molar-refractivity contribution is 0.0631. The van der Waals surface area contributed by atoms with E-state index >= 15 is 0 Å². The number of pyridine rings is 1. The molecule has 6 rings (SSSR count). The van der Waals surface area contributed by atoms with E-state index in [0.717, 1.165) is 77.1 Å². The zero-order valence-electron chi connectivity index (χ0n) is 22.3. The van der Waals surface area contributed by atoms with Crippen molar-refractivity contribution in [1.29, 1.82) is 0 Å². The van der Waals surface area contributed by atoms with Gasteiger partial charge in [0.2, 0.25) is 0 Å². The molecule has 0 saturated carbocycles. The average molecular weight is 537 g/mol. The third-order valence-corrected chi connectivity index (χ3v) is 8.14. The van der Waals surface area contributed by atoms with Crippen molar-refractivity contribution in [2.45, 2.75) is 20.4 Å². The van der Waals surface area contributed by atoms with Crippen molar-refractivity contribution in [1.82, 2.24) is 19.2 Å². The Morgan fingerprint density at radius 3 is 2.46 bits per heavy atom. The maximum atomic E-state index is 12.9. The number of aromatic nitrogens is 2.